The number of hydrogen-bond acceptors (Lipinski definition) is 2. The summed E-state index contributed by atoms with van der Waals surface area (Å²) in [5.41, 5.74) is 1.24. The van der Waals surface area contributed by atoms with Gasteiger partial charge in [-0.2, -0.15) is 0 Å². The molecule has 60 valence electrons. The molecule has 0 fully saturated rings. The van der Waals surface area contributed by atoms with Crippen LogP contribution >= 0.6 is 11.3 Å². The third-order valence-electron chi connectivity index (χ3n) is 1.61. The Bertz CT molecular complexity index is 255. The van der Waals surface area contributed by atoms with E-state index in [1.165, 1.54) is 11.3 Å². The summed E-state index contributed by atoms with van der Waals surface area (Å²) < 4.78 is 0. The summed E-state index contributed by atoms with van der Waals surface area (Å²) in [5, 5.41) is 1.96. The van der Waals surface area contributed by atoms with Gasteiger partial charge in [-0.15, -0.1) is 11.3 Å². The lowest BCUT2D eigenvalue weighted by Crippen LogP contribution is -2.11. The molecule has 0 atom stereocenters. The summed E-state index contributed by atoms with van der Waals surface area (Å²) in [6.07, 6.45) is 0.936. The van der Waals surface area contributed by atoms with Gasteiger partial charge < -0.3 is 0 Å². The van der Waals surface area contributed by atoms with E-state index in [2.05, 4.69) is 20.8 Å². The second-order valence-electron chi connectivity index (χ2n) is 3.57. The molecule has 1 nitrogen and oxygen atoms in total. The summed E-state index contributed by atoms with van der Waals surface area (Å²) in [5.74, 6) is 0. The molecule has 0 N–H and O–H groups in total. The standard InChI is InChI=1S/C9H12OS/c1-9(2,3)7-4-5-11-8(7)6-10/h4-6H,1-3H3. The average molecular weight is 168 g/mol. The van der Waals surface area contributed by atoms with E-state index in [-0.39, 0.29) is 5.41 Å². The van der Waals surface area contributed by atoms with E-state index in [1.54, 1.807) is 0 Å². The van der Waals surface area contributed by atoms with Crippen LogP contribution in [0.5, 0.6) is 0 Å². The minimum atomic E-state index is 0.0935. The molecule has 1 aromatic rings. The quantitative estimate of drug-likeness (QED) is 0.589. The van der Waals surface area contributed by atoms with E-state index in [0.717, 1.165) is 16.7 Å². The van der Waals surface area contributed by atoms with Gasteiger partial charge in [0.1, 0.15) is 0 Å². The Kier molecular flexibility index (Phi) is 2.14. The first-order valence-corrected chi connectivity index (χ1v) is 4.47. The zero-order valence-electron chi connectivity index (χ0n) is 7.05. The lowest BCUT2D eigenvalue weighted by atomic mass is 9.88. The van der Waals surface area contributed by atoms with Crippen LogP contribution < -0.4 is 0 Å². The van der Waals surface area contributed by atoms with Crippen molar-refractivity contribution in [1.82, 2.24) is 0 Å². The summed E-state index contributed by atoms with van der Waals surface area (Å²) >= 11 is 1.51. The SMILES string of the molecule is CC(C)(C)c1ccsc1C=O. The zero-order chi connectivity index (χ0) is 8.48. The Morgan fingerprint density at radius 3 is 2.45 bits per heavy atom. The molecule has 0 aromatic carbocycles. The van der Waals surface area contributed by atoms with Crippen molar-refractivity contribution in [2.24, 2.45) is 0 Å². The van der Waals surface area contributed by atoms with Crippen LogP contribution in [0.25, 0.3) is 0 Å². The number of thiophene rings is 1. The molecule has 0 radical (unpaired) electrons. The molecule has 2 heteroatoms. The smallest absolute Gasteiger partial charge is 0.160 e. The van der Waals surface area contributed by atoms with E-state index in [0.29, 0.717) is 0 Å². The van der Waals surface area contributed by atoms with Crippen molar-refractivity contribution in [3.8, 4) is 0 Å². The van der Waals surface area contributed by atoms with E-state index >= 15 is 0 Å². The van der Waals surface area contributed by atoms with Gasteiger partial charge in [-0.25, -0.2) is 0 Å². The third kappa shape index (κ3) is 1.69. The molecule has 0 aliphatic heterocycles. The summed E-state index contributed by atoms with van der Waals surface area (Å²) in [4.78, 5) is 11.4. The number of carbonyl (C=O) groups excluding carboxylic acids is 1. The van der Waals surface area contributed by atoms with Gasteiger partial charge in [0.2, 0.25) is 0 Å². The highest BCUT2D eigenvalue weighted by atomic mass is 32.1. The molecule has 0 saturated heterocycles. The predicted molar refractivity (Wildman–Crippen MR) is 48.4 cm³/mol. The first-order chi connectivity index (χ1) is 5.05. The number of carbonyl (C=O) groups is 1. The van der Waals surface area contributed by atoms with Crippen molar-refractivity contribution in [3.63, 3.8) is 0 Å². The summed E-state index contributed by atoms with van der Waals surface area (Å²) in [7, 11) is 0. The Labute approximate surface area is 71.1 Å². The normalized spacial score (nSPS) is 11.5. The maximum atomic E-state index is 10.5. The fourth-order valence-electron chi connectivity index (χ4n) is 1.03. The van der Waals surface area contributed by atoms with Crippen molar-refractivity contribution in [2.45, 2.75) is 26.2 Å². The van der Waals surface area contributed by atoms with Crippen molar-refractivity contribution < 1.29 is 4.79 Å². The van der Waals surface area contributed by atoms with Gasteiger partial charge in [-0.1, -0.05) is 20.8 Å². The molecular formula is C9H12OS. The van der Waals surface area contributed by atoms with Gasteiger partial charge in [0, 0.05) is 0 Å². The van der Waals surface area contributed by atoms with Gasteiger partial charge in [0.05, 0.1) is 4.88 Å². The topological polar surface area (TPSA) is 17.1 Å². The zero-order valence-corrected chi connectivity index (χ0v) is 7.87. The minimum absolute atomic E-state index is 0.0935. The molecule has 0 aliphatic carbocycles. The summed E-state index contributed by atoms with van der Waals surface area (Å²) in [6, 6.07) is 2.02. The van der Waals surface area contributed by atoms with Crippen LogP contribution in [0.15, 0.2) is 11.4 Å². The highest BCUT2D eigenvalue weighted by Crippen LogP contribution is 2.28. The fraction of sp³-hybridized carbons (Fsp3) is 0.444. The van der Waals surface area contributed by atoms with Crippen LogP contribution in [0.2, 0.25) is 0 Å². The summed E-state index contributed by atoms with van der Waals surface area (Å²) in [6.45, 7) is 6.34. The molecule has 0 spiro atoms. The van der Waals surface area contributed by atoms with Gasteiger partial charge in [-0.3, -0.25) is 4.79 Å². The maximum absolute atomic E-state index is 10.5. The van der Waals surface area contributed by atoms with E-state index in [4.69, 9.17) is 0 Å². The highest BCUT2D eigenvalue weighted by molar-refractivity contribution is 7.11. The third-order valence-corrected chi connectivity index (χ3v) is 2.45. The fourth-order valence-corrected chi connectivity index (χ4v) is 1.94. The predicted octanol–water partition coefficient (Wildman–Crippen LogP) is 2.86. The van der Waals surface area contributed by atoms with Crippen LogP contribution in [-0.4, -0.2) is 6.29 Å². The second-order valence-corrected chi connectivity index (χ2v) is 4.51. The Morgan fingerprint density at radius 1 is 1.45 bits per heavy atom. The van der Waals surface area contributed by atoms with Crippen molar-refractivity contribution >= 4 is 17.6 Å². The second kappa shape index (κ2) is 2.78. The molecule has 0 saturated carbocycles. The Morgan fingerprint density at radius 2 is 2.09 bits per heavy atom. The number of aldehydes is 1. The number of rotatable bonds is 1. The van der Waals surface area contributed by atoms with E-state index in [9.17, 15) is 4.79 Å². The molecule has 0 aliphatic rings. The molecule has 11 heavy (non-hydrogen) atoms. The molecule has 0 amide bonds. The molecule has 1 heterocycles. The first kappa shape index (κ1) is 8.47. The highest BCUT2D eigenvalue weighted by Gasteiger charge is 2.17. The lowest BCUT2D eigenvalue weighted by Gasteiger charge is -2.17. The minimum Gasteiger partial charge on any atom is -0.297 e. The Hall–Kier alpha value is -0.630. The monoisotopic (exact) mass is 168 g/mol. The van der Waals surface area contributed by atoms with Gasteiger partial charge in [0.25, 0.3) is 0 Å². The van der Waals surface area contributed by atoms with Crippen LogP contribution in [-0.2, 0) is 5.41 Å². The molecular weight excluding hydrogens is 156 g/mol. The van der Waals surface area contributed by atoms with Crippen molar-refractivity contribution in [1.29, 1.82) is 0 Å². The molecule has 1 aromatic heterocycles. The first-order valence-electron chi connectivity index (χ1n) is 3.59. The molecule has 1 rings (SSSR count). The van der Waals surface area contributed by atoms with Crippen LogP contribution in [0.4, 0.5) is 0 Å². The number of hydrogen-bond donors (Lipinski definition) is 0. The van der Waals surface area contributed by atoms with E-state index < -0.39 is 0 Å². The molecule has 0 unspecified atom stereocenters. The van der Waals surface area contributed by atoms with Crippen LogP contribution in [0.1, 0.15) is 36.0 Å². The molecule has 0 bridgehead atoms. The van der Waals surface area contributed by atoms with Gasteiger partial charge >= 0.3 is 0 Å². The largest absolute Gasteiger partial charge is 0.297 e. The van der Waals surface area contributed by atoms with Crippen molar-refractivity contribution in [3.05, 3.63) is 21.9 Å². The van der Waals surface area contributed by atoms with Gasteiger partial charge in [-0.05, 0) is 22.4 Å². The maximum Gasteiger partial charge on any atom is 0.160 e. The Balaban J connectivity index is 3.12. The van der Waals surface area contributed by atoms with Crippen LogP contribution in [0, 0.1) is 0 Å². The van der Waals surface area contributed by atoms with E-state index in [1.807, 2.05) is 11.4 Å². The average Bonchev–Trinajstić information content (AvgIpc) is 2.31. The van der Waals surface area contributed by atoms with Gasteiger partial charge in [0.15, 0.2) is 6.29 Å². The lowest BCUT2D eigenvalue weighted by molar-refractivity contribution is 0.112. The van der Waals surface area contributed by atoms with Crippen LogP contribution in [0.3, 0.4) is 0 Å². The van der Waals surface area contributed by atoms with Crippen molar-refractivity contribution in [2.75, 3.05) is 0 Å².